The lowest BCUT2D eigenvalue weighted by Gasteiger charge is -2.08. The third-order valence-electron chi connectivity index (χ3n) is 1.10. The van der Waals surface area contributed by atoms with Gasteiger partial charge in [-0.05, 0) is 16.2 Å². The first-order chi connectivity index (χ1) is 4.61. The van der Waals surface area contributed by atoms with Gasteiger partial charge >= 0.3 is 0 Å². The molecule has 0 aliphatic rings. The third-order valence-corrected chi connectivity index (χ3v) is 7.69. The Hall–Kier alpha value is 1.84. The highest BCUT2D eigenvalue weighted by atomic mass is 127. The zero-order valence-electron chi connectivity index (χ0n) is 5.02. The van der Waals surface area contributed by atoms with Crippen molar-refractivity contribution in [2.45, 2.75) is 0 Å². The fraction of sp³-hybridized carbons (Fsp3) is 0. The fourth-order valence-corrected chi connectivity index (χ4v) is 4.43. The van der Waals surface area contributed by atoms with Crippen molar-refractivity contribution in [2.75, 3.05) is 0 Å². The Bertz CT molecular complexity index is 207. The molecule has 5 heteroatoms. The van der Waals surface area contributed by atoms with Crippen LogP contribution in [-0.4, -0.2) is 11.5 Å². The molecule has 1 aromatic carbocycles. The summed E-state index contributed by atoms with van der Waals surface area (Å²) >= 11 is 7.66. The van der Waals surface area contributed by atoms with Gasteiger partial charge in [0.2, 0.25) is 0 Å². The summed E-state index contributed by atoms with van der Waals surface area (Å²) in [7, 11) is 0. The van der Waals surface area contributed by atoms with Gasteiger partial charge < -0.3 is 0 Å². The molecular weight excluding hydrogens is 509 g/mol. The second kappa shape index (κ2) is 5.55. The van der Waals surface area contributed by atoms with E-state index in [0.29, 0.717) is 0 Å². The number of rotatable bonds is 1. The van der Waals surface area contributed by atoms with Crippen molar-refractivity contribution in [2.24, 2.45) is 0 Å². The third kappa shape index (κ3) is 4.57. The zero-order chi connectivity index (χ0) is 7.61. The minimum Gasteiger partial charge on any atom is -0.0854 e. The van der Waals surface area contributed by atoms with Crippen LogP contribution in [0.3, 0.4) is 0 Å². The number of hydrogen-bond acceptors (Lipinski definition) is 0. The molecule has 0 radical (unpaired) electrons. The van der Waals surface area contributed by atoms with E-state index >= 15 is 0 Å². The molecule has 1 rings (SSSR count). The minimum atomic E-state index is -1.12. The molecule has 1 aromatic rings. The molecule has 62 valence electrons. The Morgan fingerprint density at radius 3 is 1.64 bits per heavy atom. The lowest BCUT2D eigenvalue weighted by molar-refractivity contribution is 1.77. The van der Waals surface area contributed by atoms with Gasteiger partial charge in [-0.25, -0.2) is 0 Å². The Labute approximate surface area is 111 Å². The molecule has 0 atom stereocenters. The highest BCUT2D eigenvalue weighted by Crippen LogP contribution is 2.28. The lowest BCUT2D eigenvalue weighted by atomic mass is 10.4. The SMILES string of the molecule is I[Si](I)(I)c1ccccc1.[SiH4]. The van der Waals surface area contributed by atoms with Crippen LogP contribution in [-0.2, 0) is 0 Å². The normalized spacial score (nSPS) is 10.5. The van der Waals surface area contributed by atoms with Gasteiger partial charge in [-0.3, -0.25) is 0 Å². The van der Waals surface area contributed by atoms with Crippen molar-refractivity contribution < 1.29 is 0 Å². The van der Waals surface area contributed by atoms with Crippen molar-refractivity contribution in [1.29, 1.82) is 0 Å². The zero-order valence-corrected chi connectivity index (χ0v) is 12.5. The van der Waals surface area contributed by atoms with Crippen LogP contribution in [0.4, 0.5) is 0 Å². The molecule has 0 saturated carbocycles. The standard InChI is InChI=1S/C6H5I3Si.H4Si/c7-10(8,9)6-4-2-1-3-5-6;/h1-5H;1H4. The quantitative estimate of drug-likeness (QED) is 0.302. The van der Waals surface area contributed by atoms with Gasteiger partial charge in [0.1, 0.15) is 0 Å². The van der Waals surface area contributed by atoms with Crippen molar-refractivity contribution in [3.8, 4) is 0 Å². The monoisotopic (exact) mass is 518 g/mol. The van der Waals surface area contributed by atoms with Crippen LogP contribution in [0.15, 0.2) is 30.3 Å². The molecule has 0 unspecified atom stereocenters. The van der Waals surface area contributed by atoms with E-state index in [9.17, 15) is 0 Å². The summed E-state index contributed by atoms with van der Waals surface area (Å²) in [4.78, 5) is 0. The maximum atomic E-state index is 2.55. The summed E-state index contributed by atoms with van der Waals surface area (Å²) in [5, 5.41) is 1.50. The molecule has 0 amide bonds. The predicted octanol–water partition coefficient (Wildman–Crippen LogP) is 1.69. The number of hydrogen-bond donors (Lipinski definition) is 0. The maximum Gasteiger partial charge on any atom is 0.283 e. The lowest BCUT2D eigenvalue weighted by Crippen LogP contribution is -2.26. The smallest absolute Gasteiger partial charge is 0.0854 e. The number of halogens is 3. The summed E-state index contributed by atoms with van der Waals surface area (Å²) in [6, 6.07) is 10.7. The van der Waals surface area contributed by atoms with E-state index < -0.39 is 0.564 Å². The van der Waals surface area contributed by atoms with Crippen molar-refractivity contribution in [3.63, 3.8) is 0 Å². The van der Waals surface area contributed by atoms with Crippen LogP contribution in [0.1, 0.15) is 0 Å². The van der Waals surface area contributed by atoms with E-state index in [1.165, 1.54) is 5.19 Å². The van der Waals surface area contributed by atoms with E-state index in [2.05, 4.69) is 95.7 Å². The van der Waals surface area contributed by atoms with E-state index in [-0.39, 0.29) is 11.0 Å². The van der Waals surface area contributed by atoms with Gasteiger partial charge in [-0.1, -0.05) is 95.7 Å². The first-order valence-electron chi connectivity index (χ1n) is 2.73. The van der Waals surface area contributed by atoms with E-state index in [1.807, 2.05) is 0 Å². The first-order valence-corrected chi connectivity index (χ1v) is 14.1. The van der Waals surface area contributed by atoms with Gasteiger partial charge in [0.15, 0.2) is 0 Å². The summed E-state index contributed by atoms with van der Waals surface area (Å²) in [5.74, 6) is 0. The summed E-state index contributed by atoms with van der Waals surface area (Å²) in [6.07, 6.45) is 0. The highest BCUT2D eigenvalue weighted by molar-refractivity contribution is 14.4. The molecule has 0 heterocycles. The Morgan fingerprint density at radius 1 is 0.909 bits per heavy atom. The first kappa shape index (κ1) is 12.8. The summed E-state index contributed by atoms with van der Waals surface area (Å²) in [5.41, 5.74) is 0. The molecule has 0 bridgehead atoms. The van der Waals surface area contributed by atoms with Crippen LogP contribution < -0.4 is 5.19 Å². The largest absolute Gasteiger partial charge is 0.283 e. The summed E-state index contributed by atoms with van der Waals surface area (Å²) < 4.78 is -1.12. The van der Waals surface area contributed by atoms with Gasteiger partial charge in [-0.2, -0.15) is 0 Å². The van der Waals surface area contributed by atoms with Crippen LogP contribution in [0, 0.1) is 0 Å². The van der Waals surface area contributed by atoms with Crippen LogP contribution in [0.25, 0.3) is 0 Å². The van der Waals surface area contributed by atoms with Crippen LogP contribution in [0.2, 0.25) is 0 Å². The second-order valence-corrected chi connectivity index (χ2v) is 36.6. The van der Waals surface area contributed by atoms with Crippen LogP contribution in [0.5, 0.6) is 0 Å². The van der Waals surface area contributed by atoms with Gasteiger partial charge in [0.05, 0.1) is 0 Å². The Balaban J connectivity index is 0.000001000. The molecular formula is C6H9I3Si2. The average Bonchev–Trinajstić information content (AvgIpc) is 1.88. The van der Waals surface area contributed by atoms with E-state index in [4.69, 9.17) is 0 Å². The minimum absolute atomic E-state index is 0. The second-order valence-electron chi connectivity index (χ2n) is 1.86. The van der Waals surface area contributed by atoms with Crippen LogP contribution >= 0.6 is 65.4 Å². The molecule has 11 heavy (non-hydrogen) atoms. The molecule has 0 aromatic heterocycles. The highest BCUT2D eigenvalue weighted by Gasteiger charge is 2.23. The fourth-order valence-electron chi connectivity index (χ4n) is 0.627. The summed E-state index contributed by atoms with van der Waals surface area (Å²) in [6.45, 7) is 0. The predicted molar refractivity (Wildman–Crippen MR) is 85.2 cm³/mol. The molecule has 0 fully saturated rings. The van der Waals surface area contributed by atoms with Gasteiger partial charge in [0, 0.05) is 0 Å². The molecule has 0 aliphatic heterocycles. The van der Waals surface area contributed by atoms with Gasteiger partial charge in [0.25, 0.3) is 0.564 Å². The average molecular weight is 518 g/mol. The molecule has 0 N–H and O–H groups in total. The van der Waals surface area contributed by atoms with Gasteiger partial charge in [-0.15, -0.1) is 0 Å². The maximum absolute atomic E-state index is 2.55. The van der Waals surface area contributed by atoms with Crippen molar-refractivity contribution in [3.05, 3.63) is 30.3 Å². The molecule has 0 nitrogen and oxygen atoms in total. The number of benzene rings is 1. The van der Waals surface area contributed by atoms with Crippen molar-refractivity contribution >= 4 is 82.1 Å². The van der Waals surface area contributed by atoms with E-state index in [1.54, 1.807) is 0 Å². The Kier molecular flexibility index (Phi) is 6.48. The topological polar surface area (TPSA) is 0 Å². The molecule has 0 spiro atoms. The molecule has 0 saturated heterocycles. The molecule has 0 aliphatic carbocycles. The van der Waals surface area contributed by atoms with E-state index in [0.717, 1.165) is 0 Å². The Morgan fingerprint density at radius 2 is 1.36 bits per heavy atom. The van der Waals surface area contributed by atoms with Crippen molar-refractivity contribution in [1.82, 2.24) is 0 Å².